The first-order chi connectivity index (χ1) is 12.6. The van der Waals surface area contributed by atoms with Crippen molar-refractivity contribution in [1.29, 1.82) is 0 Å². The molecule has 1 aromatic heterocycles. The summed E-state index contributed by atoms with van der Waals surface area (Å²) in [6, 6.07) is 16.7. The molecule has 6 heteroatoms. The van der Waals surface area contributed by atoms with Crippen LogP contribution in [0, 0.1) is 6.92 Å². The summed E-state index contributed by atoms with van der Waals surface area (Å²) >= 11 is 0. The second kappa shape index (κ2) is 8.11. The van der Waals surface area contributed by atoms with Gasteiger partial charge in [0.1, 0.15) is 0 Å². The lowest BCUT2D eigenvalue weighted by Gasteiger charge is -2.09. The van der Waals surface area contributed by atoms with E-state index < -0.39 is 0 Å². The van der Waals surface area contributed by atoms with Gasteiger partial charge in [-0.3, -0.25) is 14.7 Å². The number of nitrogens with zero attached hydrogens (tertiary/aromatic N) is 1. The van der Waals surface area contributed by atoms with E-state index in [4.69, 9.17) is 0 Å². The number of carbonyl (C=O) groups is 2. The standard InChI is InChI=1S/C20H20N4O2/c1-14-5-2-3-8-17(14)20(26)21-11-10-19(25)23-16-7-4-6-15(13-16)18-9-12-22-24-18/h2-9,12-13H,10-11H2,1H3,(H,21,26)(H,22,24)(H,23,25). The average Bonchev–Trinajstić information content (AvgIpc) is 3.17. The second-order valence-corrected chi connectivity index (χ2v) is 5.92. The molecular weight excluding hydrogens is 328 g/mol. The maximum absolute atomic E-state index is 12.1. The van der Waals surface area contributed by atoms with Gasteiger partial charge in [0.05, 0.1) is 5.69 Å². The number of anilines is 1. The molecular formula is C20H20N4O2. The van der Waals surface area contributed by atoms with Gasteiger partial charge in [-0.2, -0.15) is 5.10 Å². The molecule has 0 bridgehead atoms. The Labute approximate surface area is 151 Å². The summed E-state index contributed by atoms with van der Waals surface area (Å²) in [7, 11) is 0. The van der Waals surface area contributed by atoms with Crippen molar-refractivity contribution >= 4 is 17.5 Å². The summed E-state index contributed by atoms with van der Waals surface area (Å²) in [5, 5.41) is 12.4. The lowest BCUT2D eigenvalue weighted by atomic mass is 10.1. The van der Waals surface area contributed by atoms with E-state index >= 15 is 0 Å². The van der Waals surface area contributed by atoms with Crippen molar-refractivity contribution in [2.75, 3.05) is 11.9 Å². The zero-order valence-electron chi connectivity index (χ0n) is 14.5. The second-order valence-electron chi connectivity index (χ2n) is 5.92. The van der Waals surface area contributed by atoms with Crippen molar-refractivity contribution in [2.24, 2.45) is 0 Å². The first-order valence-electron chi connectivity index (χ1n) is 8.37. The summed E-state index contributed by atoms with van der Waals surface area (Å²) in [6.07, 6.45) is 1.88. The first kappa shape index (κ1) is 17.4. The molecule has 0 unspecified atom stereocenters. The lowest BCUT2D eigenvalue weighted by molar-refractivity contribution is -0.116. The van der Waals surface area contributed by atoms with Gasteiger partial charge in [0.25, 0.3) is 5.91 Å². The maximum Gasteiger partial charge on any atom is 0.251 e. The number of hydrogen-bond acceptors (Lipinski definition) is 3. The smallest absolute Gasteiger partial charge is 0.251 e. The van der Waals surface area contributed by atoms with Gasteiger partial charge >= 0.3 is 0 Å². The molecule has 0 saturated carbocycles. The van der Waals surface area contributed by atoms with Gasteiger partial charge in [-0.05, 0) is 36.8 Å². The van der Waals surface area contributed by atoms with Gasteiger partial charge in [-0.1, -0.05) is 30.3 Å². The topological polar surface area (TPSA) is 86.9 Å². The highest BCUT2D eigenvalue weighted by atomic mass is 16.2. The van der Waals surface area contributed by atoms with Crippen LogP contribution in [-0.2, 0) is 4.79 Å². The fourth-order valence-electron chi connectivity index (χ4n) is 2.62. The molecule has 0 aliphatic rings. The highest BCUT2D eigenvalue weighted by Crippen LogP contribution is 2.20. The number of nitrogens with one attached hydrogen (secondary N) is 3. The molecule has 3 N–H and O–H groups in total. The van der Waals surface area contributed by atoms with Crippen LogP contribution in [0.15, 0.2) is 60.8 Å². The third-order valence-electron chi connectivity index (χ3n) is 3.99. The molecule has 0 radical (unpaired) electrons. The highest BCUT2D eigenvalue weighted by Gasteiger charge is 2.09. The van der Waals surface area contributed by atoms with E-state index in [0.717, 1.165) is 16.8 Å². The number of hydrogen-bond donors (Lipinski definition) is 3. The van der Waals surface area contributed by atoms with Gasteiger partial charge in [0.15, 0.2) is 0 Å². The van der Waals surface area contributed by atoms with E-state index in [0.29, 0.717) is 11.3 Å². The van der Waals surface area contributed by atoms with Gasteiger partial charge in [-0.15, -0.1) is 0 Å². The monoisotopic (exact) mass is 348 g/mol. The van der Waals surface area contributed by atoms with Crippen molar-refractivity contribution < 1.29 is 9.59 Å². The molecule has 0 saturated heterocycles. The van der Waals surface area contributed by atoms with Gasteiger partial charge in [0.2, 0.25) is 5.91 Å². The van der Waals surface area contributed by atoms with Gasteiger partial charge in [0, 0.05) is 36.0 Å². The Morgan fingerprint density at radius 3 is 2.69 bits per heavy atom. The third-order valence-corrected chi connectivity index (χ3v) is 3.99. The molecule has 2 aromatic carbocycles. The molecule has 2 amide bonds. The lowest BCUT2D eigenvalue weighted by Crippen LogP contribution is -2.28. The van der Waals surface area contributed by atoms with E-state index in [1.54, 1.807) is 12.3 Å². The van der Waals surface area contributed by atoms with Crippen LogP contribution in [0.5, 0.6) is 0 Å². The maximum atomic E-state index is 12.1. The zero-order chi connectivity index (χ0) is 18.4. The normalized spacial score (nSPS) is 10.3. The molecule has 0 fully saturated rings. The van der Waals surface area contributed by atoms with E-state index in [1.165, 1.54) is 0 Å². The summed E-state index contributed by atoms with van der Waals surface area (Å²) < 4.78 is 0. The minimum absolute atomic E-state index is 0.156. The number of rotatable bonds is 6. The Bertz CT molecular complexity index is 904. The molecule has 132 valence electrons. The van der Waals surface area contributed by atoms with Crippen LogP contribution in [0.1, 0.15) is 22.3 Å². The average molecular weight is 348 g/mol. The van der Waals surface area contributed by atoms with E-state index in [1.807, 2.05) is 55.5 Å². The largest absolute Gasteiger partial charge is 0.352 e. The van der Waals surface area contributed by atoms with Crippen LogP contribution < -0.4 is 10.6 Å². The molecule has 0 spiro atoms. The van der Waals surface area contributed by atoms with Crippen LogP contribution in [0.4, 0.5) is 5.69 Å². The van der Waals surface area contributed by atoms with Crippen LogP contribution in [0.2, 0.25) is 0 Å². The van der Waals surface area contributed by atoms with Crippen LogP contribution in [0.25, 0.3) is 11.3 Å². The number of H-pyrrole nitrogens is 1. The van der Waals surface area contributed by atoms with Crippen molar-refractivity contribution in [3.63, 3.8) is 0 Å². The molecule has 3 aromatic rings. The number of aromatic nitrogens is 2. The number of aryl methyl sites for hydroxylation is 1. The SMILES string of the molecule is Cc1ccccc1C(=O)NCCC(=O)Nc1cccc(-c2ccn[nH]2)c1. The van der Waals surface area contributed by atoms with Crippen LogP contribution in [0.3, 0.4) is 0 Å². The molecule has 0 atom stereocenters. The number of benzene rings is 2. The van der Waals surface area contributed by atoms with E-state index in [9.17, 15) is 9.59 Å². The Morgan fingerprint density at radius 1 is 1.08 bits per heavy atom. The molecule has 6 nitrogen and oxygen atoms in total. The van der Waals surface area contributed by atoms with Crippen molar-refractivity contribution in [1.82, 2.24) is 15.5 Å². The summed E-state index contributed by atoms with van der Waals surface area (Å²) in [4.78, 5) is 24.2. The number of aromatic amines is 1. The molecule has 0 aliphatic heterocycles. The third kappa shape index (κ3) is 4.36. The minimum Gasteiger partial charge on any atom is -0.352 e. The summed E-state index contributed by atoms with van der Waals surface area (Å²) in [5.74, 6) is -0.325. The van der Waals surface area contributed by atoms with Gasteiger partial charge < -0.3 is 10.6 Å². The quantitative estimate of drug-likeness (QED) is 0.639. The fourth-order valence-corrected chi connectivity index (χ4v) is 2.62. The first-order valence-corrected chi connectivity index (χ1v) is 8.37. The van der Waals surface area contributed by atoms with Crippen LogP contribution in [-0.4, -0.2) is 28.6 Å². The minimum atomic E-state index is -0.169. The van der Waals surface area contributed by atoms with Crippen molar-refractivity contribution in [2.45, 2.75) is 13.3 Å². The molecule has 1 heterocycles. The Kier molecular flexibility index (Phi) is 5.43. The highest BCUT2D eigenvalue weighted by molar-refractivity contribution is 5.96. The van der Waals surface area contributed by atoms with Gasteiger partial charge in [-0.25, -0.2) is 0 Å². The van der Waals surface area contributed by atoms with Crippen LogP contribution >= 0.6 is 0 Å². The Morgan fingerprint density at radius 2 is 1.92 bits per heavy atom. The molecule has 3 rings (SSSR count). The summed E-state index contributed by atoms with van der Waals surface area (Å²) in [6.45, 7) is 2.16. The van der Waals surface area contributed by atoms with Crippen molar-refractivity contribution in [3.8, 4) is 11.3 Å². The predicted molar refractivity (Wildman–Crippen MR) is 101 cm³/mol. The number of carbonyl (C=O) groups excluding carboxylic acids is 2. The van der Waals surface area contributed by atoms with E-state index in [2.05, 4.69) is 20.8 Å². The predicted octanol–water partition coefficient (Wildman–Crippen LogP) is 3.14. The zero-order valence-corrected chi connectivity index (χ0v) is 14.5. The fraction of sp³-hybridized carbons (Fsp3) is 0.150. The number of amides is 2. The van der Waals surface area contributed by atoms with Crippen molar-refractivity contribution in [3.05, 3.63) is 71.9 Å². The molecule has 26 heavy (non-hydrogen) atoms. The Balaban J connectivity index is 1.51. The Hall–Kier alpha value is -3.41. The van der Waals surface area contributed by atoms with E-state index in [-0.39, 0.29) is 24.8 Å². The summed E-state index contributed by atoms with van der Waals surface area (Å²) in [5.41, 5.74) is 4.05. The molecule has 0 aliphatic carbocycles.